The van der Waals surface area contributed by atoms with Gasteiger partial charge in [0.2, 0.25) is 0 Å². The average molecular weight is 337 g/mol. The summed E-state index contributed by atoms with van der Waals surface area (Å²) in [6, 6.07) is 3.48. The summed E-state index contributed by atoms with van der Waals surface area (Å²) in [7, 11) is 0. The molecule has 7 heteroatoms. The van der Waals surface area contributed by atoms with E-state index in [0.29, 0.717) is 17.7 Å². The van der Waals surface area contributed by atoms with Crippen LogP contribution in [0, 0.1) is 11.6 Å². The van der Waals surface area contributed by atoms with E-state index in [1.807, 2.05) is 6.92 Å². The first-order chi connectivity index (χ1) is 11.1. The fourth-order valence-electron chi connectivity index (χ4n) is 2.12. The number of alkyl carbamates (subject to hydrolysis) is 1. The van der Waals surface area contributed by atoms with Crippen LogP contribution >= 0.6 is 0 Å². The minimum Gasteiger partial charge on any atom is -0.444 e. The average Bonchev–Trinajstić information content (AvgIpc) is 2.87. The van der Waals surface area contributed by atoms with Gasteiger partial charge in [-0.2, -0.15) is 5.10 Å². The van der Waals surface area contributed by atoms with Crippen molar-refractivity contribution < 1.29 is 18.3 Å². The zero-order valence-corrected chi connectivity index (χ0v) is 14.1. The van der Waals surface area contributed by atoms with E-state index in [9.17, 15) is 13.6 Å². The number of aromatic nitrogens is 2. The van der Waals surface area contributed by atoms with Crippen LogP contribution in [-0.2, 0) is 11.3 Å². The van der Waals surface area contributed by atoms with Crippen LogP contribution in [0.25, 0.3) is 11.1 Å². The summed E-state index contributed by atoms with van der Waals surface area (Å²) >= 11 is 0. The molecule has 1 aromatic heterocycles. The second-order valence-electron chi connectivity index (χ2n) is 6.63. The second-order valence-corrected chi connectivity index (χ2v) is 6.63. The Morgan fingerprint density at radius 1 is 1.29 bits per heavy atom. The van der Waals surface area contributed by atoms with Crippen molar-refractivity contribution in [3.63, 3.8) is 0 Å². The molecular formula is C17H21F2N3O2. The van der Waals surface area contributed by atoms with Gasteiger partial charge in [-0.25, -0.2) is 13.6 Å². The minimum atomic E-state index is -0.903. The highest BCUT2D eigenvalue weighted by Crippen LogP contribution is 2.21. The van der Waals surface area contributed by atoms with Gasteiger partial charge in [0.15, 0.2) is 11.6 Å². The van der Waals surface area contributed by atoms with E-state index in [4.69, 9.17) is 4.74 Å². The van der Waals surface area contributed by atoms with Crippen molar-refractivity contribution in [2.75, 3.05) is 0 Å². The van der Waals surface area contributed by atoms with E-state index in [-0.39, 0.29) is 6.04 Å². The Kier molecular flexibility index (Phi) is 5.21. The van der Waals surface area contributed by atoms with Gasteiger partial charge in [0.25, 0.3) is 0 Å². The molecule has 0 unspecified atom stereocenters. The van der Waals surface area contributed by atoms with Crippen molar-refractivity contribution in [2.45, 2.75) is 45.9 Å². The molecule has 0 aliphatic heterocycles. The Hall–Kier alpha value is -2.44. The van der Waals surface area contributed by atoms with Crippen LogP contribution < -0.4 is 5.32 Å². The fourth-order valence-corrected chi connectivity index (χ4v) is 2.12. The van der Waals surface area contributed by atoms with Crippen molar-refractivity contribution in [1.82, 2.24) is 15.1 Å². The molecular weight excluding hydrogens is 316 g/mol. The standard InChI is InChI=1S/C17H21F2N3O2/c1-11(21-16(23)24-17(2,3)4)9-22-10-13(8-20-22)12-5-6-14(18)15(19)7-12/h5-8,10-11H,9H2,1-4H3,(H,21,23)/t11-/m0/s1. The normalized spacial score (nSPS) is 12.8. The fraction of sp³-hybridized carbons (Fsp3) is 0.412. The molecule has 0 fully saturated rings. The Morgan fingerprint density at radius 3 is 2.62 bits per heavy atom. The topological polar surface area (TPSA) is 56.2 Å². The molecule has 0 aliphatic carbocycles. The number of nitrogens with one attached hydrogen (secondary N) is 1. The van der Waals surface area contributed by atoms with Crippen molar-refractivity contribution in [2.24, 2.45) is 0 Å². The molecule has 24 heavy (non-hydrogen) atoms. The predicted molar refractivity (Wildman–Crippen MR) is 86.4 cm³/mol. The maximum atomic E-state index is 13.3. The van der Waals surface area contributed by atoms with Crippen molar-refractivity contribution in [3.8, 4) is 11.1 Å². The number of amides is 1. The maximum Gasteiger partial charge on any atom is 0.407 e. The number of rotatable bonds is 4. The number of hydrogen-bond donors (Lipinski definition) is 1. The van der Waals surface area contributed by atoms with Gasteiger partial charge in [-0.15, -0.1) is 0 Å². The molecule has 0 saturated heterocycles. The summed E-state index contributed by atoms with van der Waals surface area (Å²) in [5.74, 6) is -1.79. The van der Waals surface area contributed by atoms with E-state index < -0.39 is 23.3 Å². The number of ether oxygens (including phenoxy) is 1. The molecule has 0 saturated carbocycles. The third kappa shape index (κ3) is 5.04. The summed E-state index contributed by atoms with van der Waals surface area (Å²) in [4.78, 5) is 11.7. The quantitative estimate of drug-likeness (QED) is 0.924. The van der Waals surface area contributed by atoms with Gasteiger partial charge >= 0.3 is 6.09 Å². The molecule has 0 aliphatic rings. The largest absolute Gasteiger partial charge is 0.444 e. The molecule has 0 bridgehead atoms. The van der Waals surface area contributed by atoms with Crippen molar-refractivity contribution >= 4 is 6.09 Å². The molecule has 130 valence electrons. The van der Waals surface area contributed by atoms with E-state index >= 15 is 0 Å². The Balaban J connectivity index is 1.98. The molecule has 1 amide bonds. The molecule has 1 heterocycles. The summed E-state index contributed by atoms with van der Waals surface area (Å²) in [6.45, 7) is 7.61. The summed E-state index contributed by atoms with van der Waals surface area (Å²) < 4.78 is 33.1. The minimum absolute atomic E-state index is 0.211. The van der Waals surface area contributed by atoms with Crippen LogP contribution in [0.2, 0.25) is 0 Å². The van der Waals surface area contributed by atoms with Crippen LogP contribution in [-0.4, -0.2) is 27.5 Å². The Bertz CT molecular complexity index is 723. The lowest BCUT2D eigenvalue weighted by Crippen LogP contribution is -2.39. The van der Waals surface area contributed by atoms with E-state index in [1.165, 1.54) is 6.07 Å². The number of benzene rings is 1. The highest BCUT2D eigenvalue weighted by atomic mass is 19.2. The Labute approximate surface area is 139 Å². The van der Waals surface area contributed by atoms with E-state index in [1.54, 1.807) is 37.8 Å². The van der Waals surface area contributed by atoms with E-state index in [2.05, 4.69) is 10.4 Å². The van der Waals surface area contributed by atoms with Crippen LogP contribution in [0.4, 0.5) is 13.6 Å². The molecule has 1 aromatic carbocycles. The predicted octanol–water partition coefficient (Wildman–Crippen LogP) is 3.74. The van der Waals surface area contributed by atoms with Crippen LogP contribution in [0.15, 0.2) is 30.6 Å². The van der Waals surface area contributed by atoms with Crippen LogP contribution in [0.1, 0.15) is 27.7 Å². The van der Waals surface area contributed by atoms with Crippen molar-refractivity contribution in [3.05, 3.63) is 42.2 Å². The SMILES string of the molecule is C[C@@H](Cn1cc(-c2ccc(F)c(F)c2)cn1)NC(=O)OC(C)(C)C. The highest BCUT2D eigenvalue weighted by molar-refractivity contribution is 5.68. The molecule has 1 N–H and O–H groups in total. The number of nitrogens with zero attached hydrogens (tertiary/aromatic N) is 2. The first-order valence-corrected chi connectivity index (χ1v) is 7.61. The molecule has 0 radical (unpaired) electrons. The summed E-state index contributed by atoms with van der Waals surface area (Å²) in [5, 5.41) is 6.89. The molecule has 0 spiro atoms. The van der Waals surface area contributed by atoms with Gasteiger partial charge in [-0.1, -0.05) is 6.07 Å². The maximum absolute atomic E-state index is 13.3. The first kappa shape index (κ1) is 17.9. The van der Waals surface area contributed by atoms with Gasteiger partial charge < -0.3 is 10.1 Å². The third-order valence-corrected chi connectivity index (χ3v) is 3.11. The van der Waals surface area contributed by atoms with Crippen molar-refractivity contribution in [1.29, 1.82) is 0 Å². The molecule has 5 nitrogen and oxygen atoms in total. The smallest absolute Gasteiger partial charge is 0.407 e. The van der Waals surface area contributed by atoms with E-state index in [0.717, 1.165) is 12.1 Å². The summed E-state index contributed by atoms with van der Waals surface area (Å²) in [5.41, 5.74) is 0.640. The highest BCUT2D eigenvalue weighted by Gasteiger charge is 2.18. The number of hydrogen-bond acceptors (Lipinski definition) is 3. The van der Waals surface area contributed by atoms with Gasteiger partial charge in [0.1, 0.15) is 5.60 Å². The zero-order valence-electron chi connectivity index (χ0n) is 14.1. The lowest BCUT2D eigenvalue weighted by Gasteiger charge is -2.21. The third-order valence-electron chi connectivity index (χ3n) is 3.11. The Morgan fingerprint density at radius 2 is 2.00 bits per heavy atom. The molecule has 2 rings (SSSR count). The van der Waals surface area contributed by atoms with Gasteiger partial charge in [0.05, 0.1) is 12.7 Å². The first-order valence-electron chi connectivity index (χ1n) is 7.61. The lowest BCUT2D eigenvalue weighted by molar-refractivity contribution is 0.0503. The summed E-state index contributed by atoms with van der Waals surface area (Å²) in [6.07, 6.45) is 2.77. The number of carbonyl (C=O) groups excluding carboxylic acids is 1. The van der Waals surface area contributed by atoms with Crippen LogP contribution in [0.3, 0.4) is 0 Å². The lowest BCUT2D eigenvalue weighted by atomic mass is 10.1. The van der Waals surface area contributed by atoms with Crippen LogP contribution in [0.5, 0.6) is 0 Å². The molecule has 2 aromatic rings. The monoisotopic (exact) mass is 337 g/mol. The zero-order chi connectivity index (χ0) is 17.9. The van der Waals surface area contributed by atoms with Gasteiger partial charge in [-0.3, -0.25) is 4.68 Å². The number of halogens is 2. The van der Waals surface area contributed by atoms with Gasteiger partial charge in [-0.05, 0) is 45.4 Å². The molecule has 1 atom stereocenters. The second kappa shape index (κ2) is 6.98. The number of carbonyl (C=O) groups is 1. The van der Waals surface area contributed by atoms with Gasteiger partial charge in [0, 0.05) is 17.8 Å².